The Morgan fingerprint density at radius 3 is 2.41 bits per heavy atom. The predicted octanol–water partition coefficient (Wildman–Crippen LogP) is 0.867. The molecule has 1 N–H and O–H groups in total. The van der Waals surface area contributed by atoms with Gasteiger partial charge < -0.3 is 25.1 Å². The lowest BCUT2D eigenvalue weighted by atomic mass is 10.2. The summed E-state index contributed by atoms with van der Waals surface area (Å²) in [7, 11) is 1.54. The lowest BCUT2D eigenvalue weighted by molar-refractivity contribution is -0.605. The van der Waals surface area contributed by atoms with Crippen molar-refractivity contribution in [2.45, 2.75) is 0 Å². The van der Waals surface area contributed by atoms with E-state index in [0.717, 1.165) is 32.0 Å². The second-order valence-electron chi connectivity index (χ2n) is 6.30. The minimum Gasteiger partial charge on any atom is -0.619 e. The molecule has 0 aliphatic carbocycles. The van der Waals surface area contributed by atoms with Gasteiger partial charge in [-0.15, -0.1) is 0 Å². The zero-order valence-corrected chi connectivity index (χ0v) is 15.1. The third-order valence-corrected chi connectivity index (χ3v) is 4.30. The van der Waals surface area contributed by atoms with Crippen molar-refractivity contribution in [2.75, 3.05) is 50.1 Å². The molecule has 1 aliphatic heterocycles. The monoisotopic (exact) mass is 370 g/mol. The number of anilines is 2. The van der Waals surface area contributed by atoms with Gasteiger partial charge in [-0.25, -0.2) is 0 Å². The van der Waals surface area contributed by atoms with Crippen molar-refractivity contribution in [3.63, 3.8) is 0 Å². The fourth-order valence-electron chi connectivity index (χ4n) is 2.84. The number of amides is 2. The van der Waals surface area contributed by atoms with Crippen LogP contribution >= 0.6 is 0 Å². The molecule has 0 saturated carbocycles. The molecular formula is C19H22N4O4. The van der Waals surface area contributed by atoms with Gasteiger partial charge in [0, 0.05) is 43.6 Å². The first kappa shape index (κ1) is 18.7. The van der Waals surface area contributed by atoms with Gasteiger partial charge in [0.1, 0.15) is 0 Å². The smallest absolute Gasteiger partial charge is 0.254 e. The highest BCUT2D eigenvalue weighted by molar-refractivity contribution is 5.99. The number of benzene rings is 1. The number of nitrogens with zero attached hydrogens (tertiary/aromatic N) is 3. The average molecular weight is 370 g/mol. The number of carbonyl (C=O) groups excluding carboxylic acids is 2. The van der Waals surface area contributed by atoms with Crippen molar-refractivity contribution in [2.24, 2.45) is 0 Å². The Labute approximate surface area is 157 Å². The number of morpholine rings is 1. The third-order valence-electron chi connectivity index (χ3n) is 4.30. The van der Waals surface area contributed by atoms with Crippen LogP contribution in [0.15, 0.2) is 48.8 Å². The van der Waals surface area contributed by atoms with E-state index < -0.39 is 0 Å². The van der Waals surface area contributed by atoms with Gasteiger partial charge in [0.25, 0.3) is 5.91 Å². The van der Waals surface area contributed by atoms with Crippen LogP contribution in [0.2, 0.25) is 0 Å². The van der Waals surface area contributed by atoms with Gasteiger partial charge in [-0.3, -0.25) is 9.59 Å². The molecule has 8 nitrogen and oxygen atoms in total. The zero-order valence-electron chi connectivity index (χ0n) is 15.1. The van der Waals surface area contributed by atoms with Crippen LogP contribution in [0, 0.1) is 5.21 Å². The summed E-state index contributed by atoms with van der Waals surface area (Å²) in [5.41, 5.74) is 2.11. The Morgan fingerprint density at radius 1 is 1.15 bits per heavy atom. The topological polar surface area (TPSA) is 88.8 Å². The highest BCUT2D eigenvalue weighted by Crippen LogP contribution is 2.19. The van der Waals surface area contributed by atoms with E-state index in [2.05, 4.69) is 10.2 Å². The van der Waals surface area contributed by atoms with Crippen LogP contribution in [0.1, 0.15) is 10.4 Å². The molecule has 1 aliphatic rings. The van der Waals surface area contributed by atoms with Gasteiger partial charge in [-0.1, -0.05) is 0 Å². The summed E-state index contributed by atoms with van der Waals surface area (Å²) in [6, 6.07) is 10.4. The summed E-state index contributed by atoms with van der Waals surface area (Å²) in [5, 5.41) is 13.8. The first-order valence-corrected chi connectivity index (χ1v) is 8.70. The van der Waals surface area contributed by atoms with Gasteiger partial charge >= 0.3 is 0 Å². The number of ether oxygens (including phenoxy) is 1. The molecule has 1 aromatic heterocycles. The summed E-state index contributed by atoms with van der Waals surface area (Å²) < 4.78 is 5.95. The quantitative estimate of drug-likeness (QED) is 0.623. The first-order valence-electron chi connectivity index (χ1n) is 8.70. The molecule has 0 bridgehead atoms. The Kier molecular flexibility index (Phi) is 5.87. The number of hydrogen-bond donors (Lipinski definition) is 1. The van der Waals surface area contributed by atoms with E-state index in [1.54, 1.807) is 7.05 Å². The standard InChI is InChI=1S/C19H22N4O4/c1-21(19(25)15-6-8-23(26)9-7-15)14-18(24)20-16-2-4-17(5-3-16)22-10-12-27-13-11-22/h2-9H,10-14H2,1H3,(H,20,24). The first-order chi connectivity index (χ1) is 13.0. The fraction of sp³-hybridized carbons (Fsp3) is 0.316. The summed E-state index contributed by atoms with van der Waals surface area (Å²) in [4.78, 5) is 28.0. The molecular weight excluding hydrogens is 348 g/mol. The highest BCUT2D eigenvalue weighted by atomic mass is 16.5. The van der Waals surface area contributed by atoms with E-state index in [1.807, 2.05) is 24.3 Å². The number of hydrogen-bond acceptors (Lipinski definition) is 5. The van der Waals surface area contributed by atoms with Crippen molar-refractivity contribution >= 4 is 23.2 Å². The van der Waals surface area contributed by atoms with Crippen molar-refractivity contribution in [1.29, 1.82) is 0 Å². The Balaban J connectivity index is 1.53. The highest BCUT2D eigenvalue weighted by Gasteiger charge is 2.16. The summed E-state index contributed by atoms with van der Waals surface area (Å²) in [6.45, 7) is 3.05. The average Bonchev–Trinajstić information content (AvgIpc) is 2.69. The zero-order chi connectivity index (χ0) is 19.2. The molecule has 27 heavy (non-hydrogen) atoms. The number of aromatic nitrogens is 1. The van der Waals surface area contributed by atoms with Gasteiger partial charge in [-0.2, -0.15) is 4.73 Å². The molecule has 142 valence electrons. The predicted molar refractivity (Wildman–Crippen MR) is 100 cm³/mol. The molecule has 0 spiro atoms. The molecule has 8 heteroatoms. The molecule has 2 amide bonds. The van der Waals surface area contributed by atoms with Crippen molar-refractivity contribution in [3.05, 3.63) is 59.6 Å². The van der Waals surface area contributed by atoms with E-state index >= 15 is 0 Å². The van der Waals surface area contributed by atoms with Crippen LogP contribution < -0.4 is 14.9 Å². The van der Waals surface area contributed by atoms with Crippen LogP contribution in [0.5, 0.6) is 0 Å². The molecule has 1 saturated heterocycles. The minimum atomic E-state index is -0.326. The number of pyridine rings is 1. The van der Waals surface area contributed by atoms with Crippen LogP contribution in [0.3, 0.4) is 0 Å². The number of likely N-dealkylation sites (N-methyl/N-ethyl adjacent to an activating group) is 1. The molecule has 2 heterocycles. The van der Waals surface area contributed by atoms with Gasteiger partial charge in [0.2, 0.25) is 5.91 Å². The van der Waals surface area contributed by atoms with E-state index in [-0.39, 0.29) is 18.4 Å². The number of rotatable bonds is 5. The third kappa shape index (κ3) is 4.95. The van der Waals surface area contributed by atoms with Crippen molar-refractivity contribution in [3.8, 4) is 0 Å². The van der Waals surface area contributed by atoms with E-state index in [1.165, 1.54) is 29.4 Å². The molecule has 1 fully saturated rings. The SMILES string of the molecule is CN(CC(=O)Nc1ccc(N2CCOCC2)cc1)C(=O)c1cc[n+]([O-])cc1. The number of nitrogens with one attached hydrogen (secondary N) is 1. The van der Waals surface area contributed by atoms with Crippen molar-refractivity contribution < 1.29 is 19.1 Å². The van der Waals surface area contributed by atoms with Gasteiger partial charge in [0.15, 0.2) is 12.4 Å². The van der Waals surface area contributed by atoms with E-state index in [9.17, 15) is 14.8 Å². The Morgan fingerprint density at radius 2 is 1.78 bits per heavy atom. The normalized spacial score (nSPS) is 13.9. The van der Waals surface area contributed by atoms with Crippen LogP contribution in [-0.2, 0) is 9.53 Å². The second-order valence-corrected chi connectivity index (χ2v) is 6.30. The number of carbonyl (C=O) groups is 2. The maximum absolute atomic E-state index is 12.3. The molecule has 2 aromatic rings. The Bertz CT molecular complexity index is 786. The molecule has 0 atom stereocenters. The molecule has 0 radical (unpaired) electrons. The molecule has 3 rings (SSSR count). The molecule has 1 aromatic carbocycles. The summed E-state index contributed by atoms with van der Waals surface area (Å²) in [5.74, 6) is -0.617. The molecule has 0 unspecified atom stereocenters. The Hall–Kier alpha value is -3.13. The lowest BCUT2D eigenvalue weighted by Crippen LogP contribution is -2.36. The summed E-state index contributed by atoms with van der Waals surface area (Å²) >= 11 is 0. The second kappa shape index (κ2) is 8.50. The maximum Gasteiger partial charge on any atom is 0.254 e. The van der Waals surface area contributed by atoms with E-state index in [0.29, 0.717) is 16.0 Å². The fourth-order valence-corrected chi connectivity index (χ4v) is 2.84. The largest absolute Gasteiger partial charge is 0.619 e. The van der Waals surface area contributed by atoms with Crippen molar-refractivity contribution in [1.82, 2.24) is 4.90 Å². The van der Waals surface area contributed by atoms with Crippen LogP contribution in [0.4, 0.5) is 11.4 Å². The van der Waals surface area contributed by atoms with Gasteiger partial charge in [-0.05, 0) is 24.3 Å². The minimum absolute atomic E-state index is 0.0870. The van der Waals surface area contributed by atoms with Crippen LogP contribution in [0.25, 0.3) is 0 Å². The van der Waals surface area contributed by atoms with E-state index in [4.69, 9.17) is 4.74 Å². The van der Waals surface area contributed by atoms with Gasteiger partial charge in [0.05, 0.1) is 25.3 Å². The van der Waals surface area contributed by atoms with Crippen LogP contribution in [-0.4, -0.2) is 56.6 Å². The summed E-state index contributed by atoms with van der Waals surface area (Å²) in [6.07, 6.45) is 2.49. The maximum atomic E-state index is 12.3. The lowest BCUT2D eigenvalue weighted by Gasteiger charge is -2.28.